The number of carbonyl (C=O) groups is 3. The molecule has 2 atom stereocenters. The second-order valence-electron chi connectivity index (χ2n) is 6.82. The molecule has 0 aliphatic heterocycles. The van der Waals surface area contributed by atoms with E-state index in [0.717, 1.165) is 11.1 Å². The van der Waals surface area contributed by atoms with Gasteiger partial charge in [-0.25, -0.2) is 0 Å². The number of carboxylic acids is 1. The lowest BCUT2D eigenvalue weighted by molar-refractivity contribution is -0.159. The number of hydrogen-bond donors (Lipinski definition) is 1. The Morgan fingerprint density at radius 2 is 1.43 bits per heavy atom. The average Bonchev–Trinajstić information content (AvgIpc) is 2.76. The van der Waals surface area contributed by atoms with Crippen molar-refractivity contribution >= 4 is 17.7 Å². The average molecular weight is 403 g/mol. The summed E-state index contributed by atoms with van der Waals surface area (Å²) in [4.78, 5) is 40.8. The van der Waals surface area contributed by atoms with Gasteiger partial charge in [0.25, 0.3) is 0 Å². The molecule has 3 aromatic rings. The molecule has 30 heavy (non-hydrogen) atoms. The first-order valence-corrected chi connectivity index (χ1v) is 9.46. The molecule has 0 saturated carbocycles. The van der Waals surface area contributed by atoms with E-state index in [1.165, 1.54) is 24.5 Å². The van der Waals surface area contributed by atoms with Crippen molar-refractivity contribution in [3.05, 3.63) is 102 Å². The van der Waals surface area contributed by atoms with Crippen LogP contribution in [0.1, 0.15) is 34.3 Å². The highest BCUT2D eigenvalue weighted by atomic mass is 16.5. The summed E-state index contributed by atoms with van der Waals surface area (Å²) in [5, 5.41) is 9.52. The first kappa shape index (κ1) is 20.9. The zero-order chi connectivity index (χ0) is 21.5. The maximum Gasteiger partial charge on any atom is 0.328 e. The number of carbonyl (C=O) groups excluding carboxylic acids is 2. The SMILES string of the molecule is CC(OC(=O)C(C(=O)O)C(=O)c1cccnc1)C(c1ccccc1)c1ccccc1. The molecule has 0 spiro atoms. The van der Waals surface area contributed by atoms with E-state index in [-0.39, 0.29) is 11.5 Å². The smallest absolute Gasteiger partial charge is 0.328 e. The van der Waals surface area contributed by atoms with Crippen molar-refractivity contribution in [2.75, 3.05) is 0 Å². The van der Waals surface area contributed by atoms with Gasteiger partial charge in [-0.15, -0.1) is 0 Å². The number of pyridine rings is 1. The summed E-state index contributed by atoms with van der Waals surface area (Å²) in [5.41, 5.74) is 1.86. The number of aromatic nitrogens is 1. The lowest BCUT2D eigenvalue weighted by Crippen LogP contribution is -2.36. The Balaban J connectivity index is 1.87. The second kappa shape index (κ2) is 9.60. The predicted molar refractivity (Wildman–Crippen MR) is 110 cm³/mol. The number of benzene rings is 2. The molecular formula is C24H21NO5. The van der Waals surface area contributed by atoms with E-state index in [4.69, 9.17) is 4.74 Å². The van der Waals surface area contributed by atoms with E-state index in [9.17, 15) is 19.5 Å². The minimum atomic E-state index is -1.95. The number of ketones is 1. The molecule has 152 valence electrons. The molecule has 0 aliphatic carbocycles. The molecule has 2 unspecified atom stereocenters. The van der Waals surface area contributed by atoms with Gasteiger partial charge in [-0.05, 0) is 30.2 Å². The van der Waals surface area contributed by atoms with Crippen molar-refractivity contribution in [1.29, 1.82) is 0 Å². The summed E-state index contributed by atoms with van der Waals surface area (Å²) >= 11 is 0. The Bertz CT molecular complexity index is 966. The number of Topliss-reactive ketones (excluding diaryl/α,β-unsaturated/α-hetero) is 1. The Morgan fingerprint density at radius 3 is 1.90 bits per heavy atom. The van der Waals surface area contributed by atoms with E-state index in [1.54, 1.807) is 6.92 Å². The fraction of sp³-hybridized carbons (Fsp3) is 0.167. The van der Waals surface area contributed by atoms with Crippen LogP contribution in [0, 0.1) is 5.92 Å². The van der Waals surface area contributed by atoms with Crippen molar-refractivity contribution in [2.24, 2.45) is 5.92 Å². The number of nitrogens with zero attached hydrogens (tertiary/aromatic N) is 1. The highest BCUT2D eigenvalue weighted by Gasteiger charge is 2.38. The topological polar surface area (TPSA) is 93.6 Å². The molecule has 1 aromatic heterocycles. The summed E-state index contributed by atoms with van der Waals surface area (Å²) in [7, 11) is 0. The molecule has 0 amide bonds. The van der Waals surface area contributed by atoms with Crippen LogP contribution >= 0.6 is 0 Å². The van der Waals surface area contributed by atoms with Crippen LogP contribution < -0.4 is 0 Å². The van der Waals surface area contributed by atoms with Crippen molar-refractivity contribution < 1.29 is 24.2 Å². The quantitative estimate of drug-likeness (QED) is 0.350. The molecule has 3 rings (SSSR count). The van der Waals surface area contributed by atoms with Crippen LogP contribution in [0.5, 0.6) is 0 Å². The fourth-order valence-corrected chi connectivity index (χ4v) is 3.37. The number of ether oxygens (including phenoxy) is 1. The maximum atomic E-state index is 12.7. The number of rotatable bonds is 8. The summed E-state index contributed by atoms with van der Waals surface area (Å²) in [6.07, 6.45) is 1.98. The number of carboxylic acid groups (broad SMARTS) is 1. The van der Waals surface area contributed by atoms with Crippen molar-refractivity contribution in [2.45, 2.75) is 18.9 Å². The van der Waals surface area contributed by atoms with Crippen LogP contribution in [0.2, 0.25) is 0 Å². The van der Waals surface area contributed by atoms with E-state index < -0.39 is 29.7 Å². The molecule has 0 aliphatic rings. The van der Waals surface area contributed by atoms with Crippen LogP contribution in [0.3, 0.4) is 0 Å². The normalized spacial score (nSPS) is 12.7. The predicted octanol–water partition coefficient (Wildman–Crippen LogP) is 3.73. The highest BCUT2D eigenvalue weighted by molar-refractivity contribution is 6.20. The van der Waals surface area contributed by atoms with Crippen molar-refractivity contribution in [3.63, 3.8) is 0 Å². The third-order valence-electron chi connectivity index (χ3n) is 4.78. The molecule has 1 heterocycles. The second-order valence-corrected chi connectivity index (χ2v) is 6.82. The van der Waals surface area contributed by atoms with E-state index in [0.29, 0.717) is 0 Å². The summed E-state index contributed by atoms with van der Waals surface area (Å²) < 4.78 is 5.53. The van der Waals surface area contributed by atoms with Crippen LogP contribution in [0.15, 0.2) is 85.2 Å². The molecule has 2 aromatic carbocycles. The molecule has 0 bridgehead atoms. The maximum absolute atomic E-state index is 12.7. The summed E-state index contributed by atoms with van der Waals surface area (Å²) in [6, 6.07) is 21.9. The van der Waals surface area contributed by atoms with Crippen LogP contribution in [-0.4, -0.2) is 33.9 Å². The number of esters is 1. The van der Waals surface area contributed by atoms with Gasteiger partial charge in [0.05, 0.1) is 0 Å². The van der Waals surface area contributed by atoms with Crippen LogP contribution in [0.4, 0.5) is 0 Å². The monoisotopic (exact) mass is 403 g/mol. The van der Waals surface area contributed by atoms with Crippen molar-refractivity contribution in [3.8, 4) is 0 Å². The third kappa shape index (κ3) is 4.78. The Labute approximate surface area is 174 Å². The largest absolute Gasteiger partial charge is 0.480 e. The van der Waals surface area contributed by atoms with Crippen LogP contribution in [-0.2, 0) is 14.3 Å². The molecule has 0 radical (unpaired) electrons. The lowest BCUT2D eigenvalue weighted by atomic mass is 9.87. The van der Waals surface area contributed by atoms with Crippen molar-refractivity contribution in [1.82, 2.24) is 4.98 Å². The molecule has 0 saturated heterocycles. The van der Waals surface area contributed by atoms with Crippen LogP contribution in [0.25, 0.3) is 0 Å². The lowest BCUT2D eigenvalue weighted by Gasteiger charge is -2.26. The molecule has 6 heteroatoms. The molecular weight excluding hydrogens is 382 g/mol. The molecule has 0 fully saturated rings. The van der Waals surface area contributed by atoms with Gasteiger partial charge in [0.15, 0.2) is 5.78 Å². The summed E-state index contributed by atoms with van der Waals surface area (Å²) in [6.45, 7) is 1.69. The first-order valence-electron chi connectivity index (χ1n) is 9.46. The van der Waals surface area contributed by atoms with Gasteiger partial charge >= 0.3 is 11.9 Å². The Morgan fingerprint density at radius 1 is 0.867 bits per heavy atom. The standard InChI is InChI=1S/C24H21NO5/c1-16(20(17-9-4-2-5-10-17)18-11-6-3-7-12-18)30-24(29)21(23(27)28)22(26)19-13-8-14-25-15-19/h2-16,20-21H,1H3,(H,27,28). The first-order chi connectivity index (χ1) is 14.5. The van der Waals surface area contributed by atoms with Gasteiger partial charge in [0, 0.05) is 23.9 Å². The van der Waals surface area contributed by atoms with Gasteiger partial charge < -0.3 is 9.84 Å². The fourth-order valence-electron chi connectivity index (χ4n) is 3.37. The molecule has 6 nitrogen and oxygen atoms in total. The van der Waals surface area contributed by atoms with Gasteiger partial charge in [-0.1, -0.05) is 60.7 Å². The molecule has 1 N–H and O–H groups in total. The third-order valence-corrected chi connectivity index (χ3v) is 4.78. The summed E-state index contributed by atoms with van der Waals surface area (Å²) in [5.74, 6) is -5.79. The number of hydrogen-bond acceptors (Lipinski definition) is 5. The van der Waals surface area contributed by atoms with Gasteiger partial charge in [-0.3, -0.25) is 19.4 Å². The van der Waals surface area contributed by atoms with Gasteiger partial charge in [0.1, 0.15) is 6.10 Å². The Kier molecular flexibility index (Phi) is 6.70. The van der Waals surface area contributed by atoms with Gasteiger partial charge in [-0.2, -0.15) is 0 Å². The van der Waals surface area contributed by atoms with E-state index in [2.05, 4.69) is 4.98 Å². The zero-order valence-electron chi connectivity index (χ0n) is 16.3. The highest BCUT2D eigenvalue weighted by Crippen LogP contribution is 2.30. The zero-order valence-corrected chi connectivity index (χ0v) is 16.3. The Hall–Kier alpha value is -3.80. The van der Waals surface area contributed by atoms with E-state index in [1.807, 2.05) is 60.7 Å². The number of aliphatic carboxylic acids is 1. The minimum Gasteiger partial charge on any atom is -0.480 e. The minimum absolute atomic E-state index is 0.0390. The van der Waals surface area contributed by atoms with E-state index >= 15 is 0 Å². The van der Waals surface area contributed by atoms with Gasteiger partial charge in [0.2, 0.25) is 5.92 Å².